The van der Waals surface area contributed by atoms with Crippen LogP contribution in [0.3, 0.4) is 0 Å². The summed E-state index contributed by atoms with van der Waals surface area (Å²) in [5.74, 6) is 5.94. The van der Waals surface area contributed by atoms with Crippen molar-refractivity contribution in [2.75, 3.05) is 13.1 Å². The minimum Gasteiger partial charge on any atom is -0.297 e. The summed E-state index contributed by atoms with van der Waals surface area (Å²) in [6, 6.07) is 0.284. The monoisotopic (exact) mass is 296 g/mol. The van der Waals surface area contributed by atoms with Gasteiger partial charge in [-0.3, -0.25) is 16.2 Å². The normalized spacial score (nSPS) is 19.6. The predicted octanol–water partition coefficient (Wildman–Crippen LogP) is 2.48. The van der Waals surface area contributed by atoms with Crippen LogP contribution in [0.4, 0.5) is 0 Å². The molecule has 0 bridgehead atoms. The summed E-state index contributed by atoms with van der Waals surface area (Å²) < 4.78 is 0. The Kier molecular flexibility index (Phi) is 5.55. The number of aryl methyl sites for hydroxylation is 1. The zero-order valence-corrected chi connectivity index (χ0v) is 13.8. The Bertz CT molecular complexity index is 408. The van der Waals surface area contributed by atoms with Crippen LogP contribution in [0.1, 0.15) is 50.2 Å². The van der Waals surface area contributed by atoms with Gasteiger partial charge in [-0.25, -0.2) is 4.98 Å². The number of nitrogens with zero attached hydrogens (tertiary/aromatic N) is 2. The van der Waals surface area contributed by atoms with Gasteiger partial charge in [0.05, 0.1) is 10.7 Å². The number of hydrogen-bond acceptors (Lipinski definition) is 5. The Balaban J connectivity index is 2.21. The molecule has 20 heavy (non-hydrogen) atoms. The van der Waals surface area contributed by atoms with E-state index in [1.54, 1.807) is 11.3 Å². The van der Waals surface area contributed by atoms with Gasteiger partial charge in [-0.15, -0.1) is 11.3 Å². The fourth-order valence-electron chi connectivity index (χ4n) is 3.84. The Labute approximate surface area is 126 Å². The molecule has 1 aromatic heterocycles. The van der Waals surface area contributed by atoms with E-state index in [0.717, 1.165) is 24.5 Å². The van der Waals surface area contributed by atoms with Gasteiger partial charge in [0.2, 0.25) is 0 Å². The highest BCUT2D eigenvalue weighted by Crippen LogP contribution is 2.39. The van der Waals surface area contributed by atoms with Crippen molar-refractivity contribution >= 4 is 11.3 Å². The van der Waals surface area contributed by atoms with E-state index in [0.29, 0.717) is 0 Å². The molecule has 0 saturated heterocycles. The summed E-state index contributed by atoms with van der Waals surface area (Å²) in [7, 11) is 0. The van der Waals surface area contributed by atoms with E-state index in [1.807, 2.05) is 0 Å². The number of likely N-dealkylation sites (N-methyl/N-ethyl adjacent to an activating group) is 1. The Morgan fingerprint density at radius 3 is 2.50 bits per heavy atom. The molecule has 2 rings (SSSR count). The van der Waals surface area contributed by atoms with Gasteiger partial charge in [0, 0.05) is 23.4 Å². The van der Waals surface area contributed by atoms with Crippen LogP contribution in [0.25, 0.3) is 0 Å². The minimum absolute atomic E-state index is 0.204. The van der Waals surface area contributed by atoms with Gasteiger partial charge in [0.25, 0.3) is 0 Å². The Morgan fingerprint density at radius 2 is 2.05 bits per heavy atom. The molecule has 1 fully saturated rings. The molecular formula is C15H28N4S. The van der Waals surface area contributed by atoms with E-state index in [9.17, 15) is 0 Å². The van der Waals surface area contributed by atoms with E-state index < -0.39 is 0 Å². The SMILES string of the molecule is CCN(CC)C1(C(Cc2csc(C)n2)NN)CCCC1. The molecule has 0 aliphatic heterocycles. The Hall–Kier alpha value is -0.490. The fraction of sp³-hybridized carbons (Fsp3) is 0.800. The van der Waals surface area contributed by atoms with Crippen molar-refractivity contribution in [3.8, 4) is 0 Å². The molecule has 5 heteroatoms. The minimum atomic E-state index is 0.204. The van der Waals surface area contributed by atoms with Crippen molar-refractivity contribution < 1.29 is 0 Å². The second-order valence-corrected chi connectivity index (χ2v) is 6.83. The number of rotatable bonds is 7. The number of hydrazine groups is 1. The topological polar surface area (TPSA) is 54.2 Å². The lowest BCUT2D eigenvalue weighted by molar-refractivity contribution is 0.0626. The van der Waals surface area contributed by atoms with Gasteiger partial charge in [0.15, 0.2) is 0 Å². The van der Waals surface area contributed by atoms with E-state index >= 15 is 0 Å². The van der Waals surface area contributed by atoms with Crippen LogP contribution in [-0.4, -0.2) is 34.6 Å². The number of thiazole rings is 1. The van der Waals surface area contributed by atoms with Crippen LogP contribution in [0.2, 0.25) is 0 Å². The van der Waals surface area contributed by atoms with Crippen LogP contribution in [-0.2, 0) is 6.42 Å². The lowest BCUT2D eigenvalue weighted by Gasteiger charge is -2.46. The van der Waals surface area contributed by atoms with E-state index in [1.165, 1.54) is 31.4 Å². The van der Waals surface area contributed by atoms with Gasteiger partial charge in [-0.1, -0.05) is 26.7 Å². The molecule has 0 aromatic carbocycles. The first-order valence-electron chi connectivity index (χ1n) is 7.78. The van der Waals surface area contributed by atoms with Gasteiger partial charge < -0.3 is 0 Å². The van der Waals surface area contributed by atoms with Crippen LogP contribution >= 0.6 is 11.3 Å². The highest BCUT2D eigenvalue weighted by molar-refractivity contribution is 7.09. The highest BCUT2D eigenvalue weighted by Gasteiger charge is 2.44. The largest absolute Gasteiger partial charge is 0.297 e. The molecular weight excluding hydrogens is 268 g/mol. The first-order valence-corrected chi connectivity index (χ1v) is 8.66. The number of nitrogens with two attached hydrogens (primary N) is 1. The van der Waals surface area contributed by atoms with E-state index in [-0.39, 0.29) is 11.6 Å². The van der Waals surface area contributed by atoms with Gasteiger partial charge in [-0.05, 0) is 32.9 Å². The van der Waals surface area contributed by atoms with Crippen LogP contribution in [0, 0.1) is 6.92 Å². The molecule has 1 unspecified atom stereocenters. The van der Waals surface area contributed by atoms with Crippen molar-refractivity contribution in [1.29, 1.82) is 0 Å². The standard InChI is InChI=1S/C15H28N4S/c1-4-19(5-2)15(8-6-7-9-15)14(18-16)10-13-11-20-12(3)17-13/h11,14,18H,4-10,16H2,1-3H3. The molecule has 114 valence electrons. The lowest BCUT2D eigenvalue weighted by atomic mass is 9.83. The van der Waals surface area contributed by atoms with Crippen LogP contribution < -0.4 is 11.3 Å². The fourth-order valence-corrected chi connectivity index (χ4v) is 4.47. The van der Waals surface area contributed by atoms with E-state index in [4.69, 9.17) is 5.84 Å². The summed E-state index contributed by atoms with van der Waals surface area (Å²) in [5.41, 5.74) is 4.49. The summed E-state index contributed by atoms with van der Waals surface area (Å²) in [5, 5.41) is 3.31. The first kappa shape index (κ1) is 15.9. The summed E-state index contributed by atoms with van der Waals surface area (Å²) in [6.45, 7) is 8.75. The molecule has 1 atom stereocenters. The molecule has 3 N–H and O–H groups in total. The summed E-state index contributed by atoms with van der Waals surface area (Å²) in [6.07, 6.45) is 6.03. The molecule has 0 amide bonds. The van der Waals surface area contributed by atoms with E-state index in [2.05, 4.69) is 41.5 Å². The van der Waals surface area contributed by atoms with Crippen molar-refractivity contribution in [1.82, 2.24) is 15.3 Å². The zero-order valence-electron chi connectivity index (χ0n) is 13.0. The zero-order chi connectivity index (χ0) is 14.6. The smallest absolute Gasteiger partial charge is 0.0897 e. The molecule has 4 nitrogen and oxygen atoms in total. The third kappa shape index (κ3) is 3.06. The third-order valence-electron chi connectivity index (χ3n) is 4.79. The van der Waals surface area contributed by atoms with Crippen molar-refractivity contribution in [3.05, 3.63) is 16.1 Å². The summed E-state index contributed by atoms with van der Waals surface area (Å²) in [4.78, 5) is 7.22. The first-order chi connectivity index (χ1) is 9.66. The maximum atomic E-state index is 5.94. The Morgan fingerprint density at radius 1 is 1.40 bits per heavy atom. The molecule has 1 heterocycles. The van der Waals surface area contributed by atoms with Crippen molar-refractivity contribution in [2.24, 2.45) is 5.84 Å². The highest BCUT2D eigenvalue weighted by atomic mass is 32.1. The average Bonchev–Trinajstić information content (AvgIpc) is 3.07. The summed E-state index contributed by atoms with van der Waals surface area (Å²) >= 11 is 1.72. The number of hydrogen-bond donors (Lipinski definition) is 2. The van der Waals surface area contributed by atoms with Gasteiger partial charge in [-0.2, -0.15) is 0 Å². The molecule has 0 radical (unpaired) electrons. The second-order valence-electron chi connectivity index (χ2n) is 5.76. The van der Waals surface area contributed by atoms with Gasteiger partial charge >= 0.3 is 0 Å². The van der Waals surface area contributed by atoms with Crippen LogP contribution in [0.5, 0.6) is 0 Å². The maximum absolute atomic E-state index is 5.94. The lowest BCUT2D eigenvalue weighted by Crippen LogP contribution is -2.62. The molecule has 1 aliphatic rings. The average molecular weight is 296 g/mol. The molecule has 1 aromatic rings. The number of aromatic nitrogens is 1. The third-order valence-corrected chi connectivity index (χ3v) is 5.61. The predicted molar refractivity (Wildman–Crippen MR) is 85.8 cm³/mol. The van der Waals surface area contributed by atoms with Crippen molar-refractivity contribution in [2.45, 2.75) is 64.5 Å². The number of nitrogens with one attached hydrogen (secondary N) is 1. The van der Waals surface area contributed by atoms with Crippen molar-refractivity contribution in [3.63, 3.8) is 0 Å². The van der Waals surface area contributed by atoms with Gasteiger partial charge in [0.1, 0.15) is 0 Å². The molecule has 0 spiro atoms. The van der Waals surface area contributed by atoms with Crippen LogP contribution in [0.15, 0.2) is 5.38 Å². The molecule has 1 aliphatic carbocycles. The molecule has 1 saturated carbocycles. The maximum Gasteiger partial charge on any atom is 0.0897 e. The second kappa shape index (κ2) is 6.98. The quantitative estimate of drug-likeness (QED) is 0.599.